The molecular weight excluding hydrogens is 204 g/mol. The molecule has 2 atom stereocenters. The Morgan fingerprint density at radius 2 is 1.94 bits per heavy atom. The summed E-state index contributed by atoms with van der Waals surface area (Å²) in [6, 6.07) is 0.114. The zero-order valence-electron chi connectivity index (χ0n) is 10.8. The van der Waals surface area contributed by atoms with Gasteiger partial charge in [-0.25, -0.2) is 0 Å². The summed E-state index contributed by atoms with van der Waals surface area (Å²) in [4.78, 5) is 25.4. The molecule has 0 aromatic heterocycles. The molecule has 1 N–H and O–H groups in total. The van der Waals surface area contributed by atoms with Gasteiger partial charge >= 0.3 is 0 Å². The molecule has 1 aliphatic heterocycles. The predicted molar refractivity (Wildman–Crippen MR) is 62.9 cm³/mol. The quantitative estimate of drug-likeness (QED) is 0.785. The molecule has 1 fully saturated rings. The van der Waals surface area contributed by atoms with E-state index in [2.05, 4.69) is 19.2 Å². The number of carbonyl (C=O) groups is 2. The lowest BCUT2D eigenvalue weighted by molar-refractivity contribution is -0.151. The fraction of sp³-hybridized carbons (Fsp3) is 0.833. The Morgan fingerprint density at radius 1 is 1.38 bits per heavy atom. The molecule has 1 aliphatic rings. The van der Waals surface area contributed by atoms with Gasteiger partial charge < -0.3 is 10.2 Å². The molecule has 0 radical (unpaired) electrons. The van der Waals surface area contributed by atoms with E-state index in [9.17, 15) is 9.59 Å². The summed E-state index contributed by atoms with van der Waals surface area (Å²) in [5.74, 6) is 0.352. The van der Waals surface area contributed by atoms with Gasteiger partial charge in [0.05, 0.1) is 6.54 Å². The standard InChI is InChI=1S/C12H22N2O2/c1-6-8(2)9(3)14-7-10(15)13-12(4,5)11(14)16/h8-9H,6-7H2,1-5H3,(H,13,15). The van der Waals surface area contributed by atoms with Crippen LogP contribution in [0.15, 0.2) is 0 Å². The van der Waals surface area contributed by atoms with Gasteiger partial charge in [-0.1, -0.05) is 20.3 Å². The van der Waals surface area contributed by atoms with Crippen LogP contribution in [0.5, 0.6) is 0 Å². The van der Waals surface area contributed by atoms with Gasteiger partial charge in [0.25, 0.3) is 0 Å². The summed E-state index contributed by atoms with van der Waals surface area (Å²) in [6.45, 7) is 9.91. The molecule has 4 heteroatoms. The maximum Gasteiger partial charge on any atom is 0.248 e. The zero-order valence-corrected chi connectivity index (χ0v) is 10.8. The molecule has 4 nitrogen and oxygen atoms in total. The van der Waals surface area contributed by atoms with E-state index in [1.54, 1.807) is 18.7 Å². The second-order valence-corrected chi connectivity index (χ2v) is 5.23. The first kappa shape index (κ1) is 13.0. The first-order valence-electron chi connectivity index (χ1n) is 5.91. The van der Waals surface area contributed by atoms with Crippen LogP contribution in [0.3, 0.4) is 0 Å². The van der Waals surface area contributed by atoms with E-state index >= 15 is 0 Å². The molecule has 2 unspecified atom stereocenters. The maximum absolute atomic E-state index is 12.2. The fourth-order valence-electron chi connectivity index (χ4n) is 2.00. The van der Waals surface area contributed by atoms with Crippen molar-refractivity contribution in [2.45, 2.75) is 52.6 Å². The Labute approximate surface area is 97.4 Å². The Hall–Kier alpha value is -1.06. The molecular formula is C12H22N2O2. The second-order valence-electron chi connectivity index (χ2n) is 5.23. The van der Waals surface area contributed by atoms with Gasteiger partial charge in [0, 0.05) is 6.04 Å². The van der Waals surface area contributed by atoms with Gasteiger partial charge in [-0.15, -0.1) is 0 Å². The van der Waals surface area contributed by atoms with E-state index in [0.29, 0.717) is 5.92 Å². The summed E-state index contributed by atoms with van der Waals surface area (Å²) in [5, 5.41) is 2.72. The van der Waals surface area contributed by atoms with Crippen LogP contribution in [-0.2, 0) is 9.59 Å². The van der Waals surface area contributed by atoms with Gasteiger partial charge in [0.1, 0.15) is 5.54 Å². The van der Waals surface area contributed by atoms with Crippen molar-refractivity contribution in [1.82, 2.24) is 10.2 Å². The first-order valence-corrected chi connectivity index (χ1v) is 5.91. The van der Waals surface area contributed by atoms with E-state index in [1.165, 1.54) is 0 Å². The minimum atomic E-state index is -0.767. The molecule has 0 bridgehead atoms. The normalized spacial score (nSPS) is 23.9. The largest absolute Gasteiger partial charge is 0.341 e. The zero-order chi connectivity index (χ0) is 12.5. The lowest BCUT2D eigenvalue weighted by atomic mass is 9.94. The summed E-state index contributed by atoms with van der Waals surface area (Å²) in [7, 11) is 0. The van der Waals surface area contributed by atoms with Crippen LogP contribution >= 0.6 is 0 Å². The van der Waals surface area contributed by atoms with Crippen molar-refractivity contribution in [3.8, 4) is 0 Å². The minimum absolute atomic E-state index is 0.0138. The van der Waals surface area contributed by atoms with Crippen molar-refractivity contribution < 1.29 is 9.59 Å². The van der Waals surface area contributed by atoms with Crippen LogP contribution in [0.4, 0.5) is 0 Å². The number of piperazine rings is 1. The van der Waals surface area contributed by atoms with Crippen molar-refractivity contribution in [1.29, 1.82) is 0 Å². The highest BCUT2D eigenvalue weighted by Gasteiger charge is 2.41. The van der Waals surface area contributed by atoms with E-state index in [0.717, 1.165) is 6.42 Å². The van der Waals surface area contributed by atoms with Crippen molar-refractivity contribution >= 4 is 11.8 Å². The SMILES string of the molecule is CCC(C)C(C)N1CC(=O)NC(C)(C)C1=O. The smallest absolute Gasteiger partial charge is 0.248 e. The van der Waals surface area contributed by atoms with Crippen molar-refractivity contribution in [2.75, 3.05) is 6.54 Å². The van der Waals surface area contributed by atoms with Crippen LogP contribution in [-0.4, -0.2) is 34.8 Å². The Balaban J connectivity index is 2.87. The molecule has 92 valence electrons. The number of rotatable bonds is 3. The van der Waals surface area contributed by atoms with Crippen molar-refractivity contribution in [3.63, 3.8) is 0 Å². The van der Waals surface area contributed by atoms with E-state index < -0.39 is 5.54 Å². The predicted octanol–water partition coefficient (Wildman–Crippen LogP) is 1.16. The topological polar surface area (TPSA) is 49.4 Å². The maximum atomic E-state index is 12.2. The van der Waals surface area contributed by atoms with Crippen LogP contribution in [0.1, 0.15) is 41.0 Å². The number of carbonyl (C=O) groups excluding carboxylic acids is 2. The molecule has 0 saturated carbocycles. The van der Waals surface area contributed by atoms with Gasteiger partial charge in [-0.2, -0.15) is 0 Å². The molecule has 1 heterocycles. The molecule has 16 heavy (non-hydrogen) atoms. The third-order valence-electron chi connectivity index (χ3n) is 3.52. The minimum Gasteiger partial charge on any atom is -0.341 e. The highest BCUT2D eigenvalue weighted by atomic mass is 16.2. The van der Waals surface area contributed by atoms with Crippen molar-refractivity contribution in [2.24, 2.45) is 5.92 Å². The van der Waals surface area contributed by atoms with Gasteiger partial charge in [-0.05, 0) is 26.7 Å². The lowest BCUT2D eigenvalue weighted by Gasteiger charge is -2.42. The Bertz CT molecular complexity index is 299. The molecule has 1 rings (SSSR count). The average Bonchev–Trinajstić information content (AvgIpc) is 2.20. The summed E-state index contributed by atoms with van der Waals surface area (Å²) in [5.41, 5.74) is -0.767. The Morgan fingerprint density at radius 3 is 2.44 bits per heavy atom. The summed E-state index contributed by atoms with van der Waals surface area (Å²) >= 11 is 0. The molecule has 1 saturated heterocycles. The highest BCUT2D eigenvalue weighted by molar-refractivity contribution is 5.97. The average molecular weight is 226 g/mol. The highest BCUT2D eigenvalue weighted by Crippen LogP contribution is 2.21. The van der Waals surface area contributed by atoms with Crippen molar-refractivity contribution in [3.05, 3.63) is 0 Å². The number of nitrogens with zero attached hydrogens (tertiary/aromatic N) is 1. The molecule has 0 spiro atoms. The summed E-state index contributed by atoms with van der Waals surface area (Å²) < 4.78 is 0. The van der Waals surface area contributed by atoms with Gasteiger partial charge in [0.15, 0.2) is 0 Å². The first-order chi connectivity index (χ1) is 7.29. The summed E-state index contributed by atoms with van der Waals surface area (Å²) in [6.07, 6.45) is 1.01. The van der Waals surface area contributed by atoms with Crippen LogP contribution in [0.25, 0.3) is 0 Å². The van der Waals surface area contributed by atoms with E-state index in [-0.39, 0.29) is 24.4 Å². The monoisotopic (exact) mass is 226 g/mol. The second kappa shape index (κ2) is 4.44. The molecule has 0 aromatic rings. The van der Waals surface area contributed by atoms with Gasteiger partial charge in [-0.3, -0.25) is 9.59 Å². The fourth-order valence-corrected chi connectivity index (χ4v) is 2.00. The molecule has 0 aliphatic carbocycles. The molecule has 2 amide bonds. The molecule has 0 aromatic carbocycles. The van der Waals surface area contributed by atoms with Gasteiger partial charge in [0.2, 0.25) is 11.8 Å². The van der Waals surface area contributed by atoms with E-state index in [1.807, 2.05) is 6.92 Å². The lowest BCUT2D eigenvalue weighted by Crippen LogP contribution is -2.66. The third kappa shape index (κ3) is 2.36. The van der Waals surface area contributed by atoms with Crippen LogP contribution in [0.2, 0.25) is 0 Å². The van der Waals surface area contributed by atoms with Crippen LogP contribution in [0, 0.1) is 5.92 Å². The number of hydrogen-bond donors (Lipinski definition) is 1. The number of amides is 2. The Kier molecular flexibility index (Phi) is 3.61. The van der Waals surface area contributed by atoms with E-state index in [4.69, 9.17) is 0 Å². The number of nitrogens with one attached hydrogen (secondary N) is 1. The van der Waals surface area contributed by atoms with Crippen LogP contribution < -0.4 is 5.32 Å². The number of hydrogen-bond acceptors (Lipinski definition) is 2. The third-order valence-corrected chi connectivity index (χ3v) is 3.52.